The summed E-state index contributed by atoms with van der Waals surface area (Å²) in [6.07, 6.45) is -0.629. The molecule has 1 fully saturated rings. The monoisotopic (exact) mass is 385 g/mol. The molecule has 8 heteroatoms. The second-order valence-electron chi connectivity index (χ2n) is 5.15. The molecular formula is C11H16INO6. The Hall–Kier alpha value is -1.06. The fraction of sp³-hybridized carbons (Fsp3) is 0.727. The van der Waals surface area contributed by atoms with Gasteiger partial charge in [0.25, 0.3) is 0 Å². The van der Waals surface area contributed by atoms with Crippen molar-refractivity contribution < 1.29 is 29.0 Å². The predicted octanol–water partition coefficient (Wildman–Crippen LogP) is 1.29. The molecule has 108 valence electrons. The average Bonchev–Trinajstić information content (AvgIpc) is 2.51. The number of ether oxygens (including phenoxy) is 2. The first kappa shape index (κ1) is 16.0. The van der Waals surface area contributed by atoms with Crippen molar-refractivity contribution in [3.63, 3.8) is 0 Å². The van der Waals surface area contributed by atoms with E-state index in [1.165, 1.54) is 0 Å². The van der Waals surface area contributed by atoms with Gasteiger partial charge in [0.15, 0.2) is 4.11 Å². The van der Waals surface area contributed by atoms with Gasteiger partial charge in [-0.1, -0.05) is 0 Å². The molecule has 1 saturated heterocycles. The van der Waals surface area contributed by atoms with Crippen LogP contribution >= 0.6 is 22.6 Å². The lowest BCUT2D eigenvalue weighted by Crippen LogP contribution is -2.48. The summed E-state index contributed by atoms with van der Waals surface area (Å²) in [4.78, 5) is 34.2. The van der Waals surface area contributed by atoms with E-state index >= 15 is 0 Å². The SMILES string of the molecule is CC(C)(C)OC(=O)N[C@@H](C(=O)O)[C@@H]1C[C@H](I)OC1=O. The second-order valence-corrected chi connectivity index (χ2v) is 6.54. The maximum absolute atomic E-state index is 11.6. The number of alkyl carbamates (subject to hydrolysis) is 1. The normalized spacial score (nSPS) is 24.5. The first-order valence-electron chi connectivity index (χ1n) is 5.67. The van der Waals surface area contributed by atoms with Gasteiger partial charge in [0, 0.05) is 6.42 Å². The molecule has 0 unspecified atom stereocenters. The summed E-state index contributed by atoms with van der Waals surface area (Å²) in [7, 11) is 0. The predicted molar refractivity (Wildman–Crippen MR) is 72.8 cm³/mol. The molecular weight excluding hydrogens is 369 g/mol. The van der Waals surface area contributed by atoms with Crippen LogP contribution in [0.15, 0.2) is 0 Å². The number of rotatable bonds is 3. The molecule has 2 N–H and O–H groups in total. The molecule has 1 amide bonds. The van der Waals surface area contributed by atoms with Crippen molar-refractivity contribution in [3.8, 4) is 0 Å². The van der Waals surface area contributed by atoms with E-state index in [1.54, 1.807) is 20.8 Å². The minimum atomic E-state index is -1.35. The Bertz CT molecular complexity index is 391. The van der Waals surface area contributed by atoms with Crippen molar-refractivity contribution in [1.82, 2.24) is 5.32 Å². The highest BCUT2D eigenvalue weighted by Gasteiger charge is 2.43. The van der Waals surface area contributed by atoms with Crippen LogP contribution < -0.4 is 5.32 Å². The van der Waals surface area contributed by atoms with Gasteiger partial charge in [0.05, 0.1) is 5.92 Å². The maximum Gasteiger partial charge on any atom is 0.408 e. The van der Waals surface area contributed by atoms with Crippen LogP contribution in [0.25, 0.3) is 0 Å². The smallest absolute Gasteiger partial charge is 0.408 e. The minimum Gasteiger partial charge on any atom is -0.480 e. The van der Waals surface area contributed by atoms with Gasteiger partial charge in [-0.15, -0.1) is 0 Å². The Kier molecular flexibility index (Phi) is 4.99. The Labute approximate surface area is 124 Å². The summed E-state index contributed by atoms with van der Waals surface area (Å²) in [6, 6.07) is -1.35. The lowest BCUT2D eigenvalue weighted by atomic mass is 9.99. The van der Waals surface area contributed by atoms with Gasteiger partial charge in [-0.3, -0.25) is 4.79 Å². The lowest BCUT2D eigenvalue weighted by molar-refractivity contribution is -0.149. The van der Waals surface area contributed by atoms with Crippen molar-refractivity contribution in [3.05, 3.63) is 0 Å². The lowest BCUT2D eigenvalue weighted by Gasteiger charge is -2.23. The Morgan fingerprint density at radius 3 is 2.47 bits per heavy atom. The van der Waals surface area contributed by atoms with E-state index in [1.807, 2.05) is 22.6 Å². The first-order valence-corrected chi connectivity index (χ1v) is 6.91. The zero-order valence-electron chi connectivity index (χ0n) is 10.8. The first-order chi connectivity index (χ1) is 8.60. The Balaban J connectivity index is 2.72. The Morgan fingerprint density at radius 1 is 1.53 bits per heavy atom. The molecule has 3 atom stereocenters. The molecule has 1 aliphatic rings. The van der Waals surface area contributed by atoms with Gasteiger partial charge in [0.1, 0.15) is 11.6 Å². The molecule has 1 aliphatic heterocycles. The van der Waals surface area contributed by atoms with Crippen LogP contribution in [0.4, 0.5) is 4.79 Å². The van der Waals surface area contributed by atoms with E-state index in [4.69, 9.17) is 14.6 Å². The summed E-state index contributed by atoms with van der Waals surface area (Å²) in [5.41, 5.74) is -0.741. The number of amides is 1. The maximum atomic E-state index is 11.6. The number of halogens is 1. The van der Waals surface area contributed by atoms with E-state index in [-0.39, 0.29) is 10.5 Å². The van der Waals surface area contributed by atoms with Crippen molar-refractivity contribution in [2.45, 2.75) is 42.9 Å². The number of carbonyl (C=O) groups is 3. The van der Waals surface area contributed by atoms with Crippen LogP contribution in [0, 0.1) is 5.92 Å². The van der Waals surface area contributed by atoms with E-state index in [9.17, 15) is 14.4 Å². The van der Waals surface area contributed by atoms with Crippen LogP contribution in [0.3, 0.4) is 0 Å². The molecule has 0 aromatic heterocycles. The number of esters is 1. The molecule has 1 heterocycles. The number of aliphatic carboxylic acids is 1. The van der Waals surface area contributed by atoms with Crippen molar-refractivity contribution in [1.29, 1.82) is 0 Å². The van der Waals surface area contributed by atoms with Crippen LogP contribution in [-0.4, -0.2) is 38.9 Å². The van der Waals surface area contributed by atoms with E-state index in [2.05, 4.69) is 5.32 Å². The molecule has 0 aromatic rings. The number of hydrogen-bond acceptors (Lipinski definition) is 5. The van der Waals surface area contributed by atoms with Crippen molar-refractivity contribution in [2.24, 2.45) is 5.92 Å². The van der Waals surface area contributed by atoms with E-state index in [0.717, 1.165) is 0 Å². The molecule has 19 heavy (non-hydrogen) atoms. The number of cyclic esters (lactones) is 1. The summed E-state index contributed by atoms with van der Waals surface area (Å²) < 4.78 is 9.47. The van der Waals surface area contributed by atoms with E-state index < -0.39 is 35.6 Å². The number of carboxylic acid groups (broad SMARTS) is 1. The molecule has 1 rings (SSSR count). The zero-order chi connectivity index (χ0) is 14.8. The van der Waals surface area contributed by atoms with E-state index in [0.29, 0.717) is 0 Å². The largest absolute Gasteiger partial charge is 0.480 e. The fourth-order valence-electron chi connectivity index (χ4n) is 1.60. The van der Waals surface area contributed by atoms with Crippen molar-refractivity contribution in [2.75, 3.05) is 0 Å². The molecule has 0 aliphatic carbocycles. The van der Waals surface area contributed by atoms with Gasteiger partial charge in [-0.2, -0.15) is 0 Å². The van der Waals surface area contributed by atoms with Crippen LogP contribution in [0.2, 0.25) is 0 Å². The second kappa shape index (κ2) is 5.93. The summed E-state index contributed by atoms with van der Waals surface area (Å²) >= 11 is 1.90. The fourth-order valence-corrected chi connectivity index (χ4v) is 2.40. The molecule has 0 bridgehead atoms. The van der Waals surface area contributed by atoms with Gasteiger partial charge >= 0.3 is 18.0 Å². The number of hydrogen-bond donors (Lipinski definition) is 2. The van der Waals surface area contributed by atoms with Gasteiger partial charge in [0.2, 0.25) is 0 Å². The summed E-state index contributed by atoms with van der Waals surface area (Å²) in [5.74, 6) is -2.81. The quantitative estimate of drug-likeness (QED) is 0.431. The zero-order valence-corrected chi connectivity index (χ0v) is 13.0. The van der Waals surface area contributed by atoms with Crippen LogP contribution in [-0.2, 0) is 19.1 Å². The highest BCUT2D eigenvalue weighted by Crippen LogP contribution is 2.28. The third-order valence-electron chi connectivity index (χ3n) is 2.33. The van der Waals surface area contributed by atoms with Gasteiger partial charge in [-0.25, -0.2) is 9.59 Å². The highest BCUT2D eigenvalue weighted by molar-refractivity contribution is 14.1. The molecule has 0 radical (unpaired) electrons. The Morgan fingerprint density at radius 2 is 2.11 bits per heavy atom. The third-order valence-corrected chi connectivity index (χ3v) is 3.09. The molecule has 0 spiro atoms. The molecule has 7 nitrogen and oxygen atoms in total. The van der Waals surface area contributed by atoms with Gasteiger partial charge < -0.3 is 19.9 Å². The van der Waals surface area contributed by atoms with Gasteiger partial charge in [-0.05, 0) is 43.4 Å². The third kappa shape index (κ3) is 4.84. The summed E-state index contributed by atoms with van der Waals surface area (Å²) in [6.45, 7) is 4.98. The number of carbonyl (C=O) groups excluding carboxylic acids is 2. The number of nitrogens with one attached hydrogen (secondary N) is 1. The number of carboxylic acids is 1. The van der Waals surface area contributed by atoms with Crippen LogP contribution in [0.1, 0.15) is 27.2 Å². The highest BCUT2D eigenvalue weighted by atomic mass is 127. The number of alkyl halides is 1. The minimum absolute atomic E-state index is 0.242. The van der Waals surface area contributed by atoms with Crippen molar-refractivity contribution >= 4 is 40.6 Å². The van der Waals surface area contributed by atoms with Crippen LogP contribution in [0.5, 0.6) is 0 Å². The average molecular weight is 385 g/mol. The summed E-state index contributed by atoms with van der Waals surface area (Å²) in [5, 5.41) is 11.3. The molecule has 0 aromatic carbocycles. The topological polar surface area (TPSA) is 102 Å². The standard InChI is InChI=1S/C11H16INO6/c1-11(2,3)19-10(17)13-7(8(14)15)5-4-6(12)18-9(5)16/h5-7H,4H2,1-3H3,(H,13,17)(H,14,15)/t5-,6+,7+/m0/s1. The molecule has 0 saturated carbocycles.